The lowest BCUT2D eigenvalue weighted by atomic mass is 9.90. The van der Waals surface area contributed by atoms with Gasteiger partial charge in [-0.25, -0.2) is 4.79 Å². The van der Waals surface area contributed by atoms with Gasteiger partial charge in [-0.15, -0.1) is 0 Å². The van der Waals surface area contributed by atoms with Crippen molar-refractivity contribution in [1.29, 1.82) is 0 Å². The molecule has 1 saturated heterocycles. The quantitative estimate of drug-likeness (QED) is 0.323. The molecular weight excluding hydrogens is 492 g/mol. The zero-order chi connectivity index (χ0) is 27.0. The second-order valence-electron chi connectivity index (χ2n) is 10.5. The Morgan fingerprint density at radius 2 is 1.90 bits per heavy atom. The van der Waals surface area contributed by atoms with Crippen molar-refractivity contribution in [2.75, 3.05) is 26.3 Å². The van der Waals surface area contributed by atoms with Gasteiger partial charge in [0, 0.05) is 24.2 Å². The molecule has 0 amide bonds. The number of hydrogen-bond acceptors (Lipinski definition) is 7. The minimum atomic E-state index is -0.279. The van der Waals surface area contributed by atoms with E-state index in [1.54, 1.807) is 6.20 Å². The molecule has 3 heterocycles. The molecule has 2 aromatic carbocycles. The van der Waals surface area contributed by atoms with E-state index in [-0.39, 0.29) is 18.0 Å². The van der Waals surface area contributed by atoms with E-state index < -0.39 is 0 Å². The zero-order valence-electron chi connectivity index (χ0n) is 22.9. The van der Waals surface area contributed by atoms with Crippen molar-refractivity contribution in [1.82, 2.24) is 9.88 Å². The maximum Gasteiger partial charge on any atom is 0.340 e. The minimum Gasteiger partial charge on any atom is -0.489 e. The van der Waals surface area contributed by atoms with E-state index in [9.17, 15) is 4.79 Å². The van der Waals surface area contributed by atoms with Crippen LogP contribution in [0.15, 0.2) is 60.8 Å². The summed E-state index contributed by atoms with van der Waals surface area (Å²) in [6.07, 6.45) is 5.84. The van der Waals surface area contributed by atoms with Gasteiger partial charge in [-0.05, 0) is 82.1 Å². The van der Waals surface area contributed by atoms with Crippen LogP contribution >= 0.6 is 0 Å². The first kappa shape index (κ1) is 27.0. The highest BCUT2D eigenvalue weighted by Crippen LogP contribution is 2.34. The van der Waals surface area contributed by atoms with Gasteiger partial charge in [-0.3, -0.25) is 9.88 Å². The van der Waals surface area contributed by atoms with E-state index in [1.165, 1.54) is 5.56 Å². The molecule has 2 aliphatic rings. The molecule has 5 rings (SSSR count). The Balaban J connectivity index is 1.21. The van der Waals surface area contributed by atoms with Crippen molar-refractivity contribution < 1.29 is 23.7 Å². The van der Waals surface area contributed by atoms with E-state index >= 15 is 0 Å². The van der Waals surface area contributed by atoms with E-state index in [0.29, 0.717) is 25.4 Å². The first-order valence-corrected chi connectivity index (χ1v) is 14.0. The topological polar surface area (TPSA) is 70.1 Å². The molecule has 1 unspecified atom stereocenters. The summed E-state index contributed by atoms with van der Waals surface area (Å²) in [6, 6.07) is 17.9. The average molecular weight is 531 g/mol. The molecule has 0 radical (unpaired) electrons. The van der Waals surface area contributed by atoms with Gasteiger partial charge in [-0.1, -0.05) is 30.7 Å². The molecule has 1 atom stereocenters. The number of carbonyl (C=O) groups excluding carboxylic acids is 1. The van der Waals surface area contributed by atoms with Crippen molar-refractivity contribution in [3.63, 3.8) is 0 Å². The number of aromatic nitrogens is 1. The van der Waals surface area contributed by atoms with Crippen LogP contribution in [0.3, 0.4) is 0 Å². The fourth-order valence-electron chi connectivity index (χ4n) is 5.35. The predicted molar refractivity (Wildman–Crippen MR) is 149 cm³/mol. The van der Waals surface area contributed by atoms with Crippen molar-refractivity contribution in [2.45, 2.75) is 64.7 Å². The van der Waals surface area contributed by atoms with E-state index in [0.717, 1.165) is 73.8 Å². The monoisotopic (exact) mass is 530 g/mol. The number of hydrogen-bond donors (Lipinski definition) is 0. The minimum absolute atomic E-state index is 0.154. The summed E-state index contributed by atoms with van der Waals surface area (Å²) in [5, 5.41) is 0. The van der Waals surface area contributed by atoms with Gasteiger partial charge >= 0.3 is 5.97 Å². The summed E-state index contributed by atoms with van der Waals surface area (Å²) in [6.45, 7) is 8.15. The van der Waals surface area contributed by atoms with Crippen LogP contribution in [0.2, 0.25) is 0 Å². The molecule has 0 saturated carbocycles. The number of carbonyl (C=O) groups is 1. The number of fused-ring (bicyclic) bond motifs is 1. The summed E-state index contributed by atoms with van der Waals surface area (Å²) >= 11 is 0. The molecule has 2 aliphatic heterocycles. The van der Waals surface area contributed by atoms with Crippen LogP contribution < -0.4 is 14.2 Å². The van der Waals surface area contributed by atoms with Crippen LogP contribution in [0.1, 0.15) is 72.6 Å². The molecule has 0 spiro atoms. The van der Waals surface area contributed by atoms with Crippen molar-refractivity contribution >= 4 is 5.97 Å². The van der Waals surface area contributed by atoms with Crippen LogP contribution in [0, 0.1) is 0 Å². The lowest BCUT2D eigenvalue weighted by molar-refractivity contribution is 0.0375. The Labute approximate surface area is 231 Å². The van der Waals surface area contributed by atoms with Gasteiger partial charge < -0.3 is 18.9 Å². The fraction of sp³-hybridized carbons (Fsp3) is 0.438. The molecule has 0 aliphatic carbocycles. The number of ether oxygens (including phenoxy) is 4. The highest BCUT2D eigenvalue weighted by atomic mass is 16.6. The Morgan fingerprint density at radius 1 is 1.03 bits per heavy atom. The standard InChI is InChI=1S/C32H38N2O5/c1-23(2)39-32(35)28-12-7-15-33-30(28)25-9-3-4-16-34(17-14-25)21-24-8-5-11-27(20-24)38-22-26-10-6-13-29-31(26)37-19-18-36-29/h5-8,10-13,15,20,23,25H,3-4,9,14,16-19,21-22H2,1-2H3. The third kappa shape index (κ3) is 7.09. The van der Waals surface area contributed by atoms with Gasteiger partial charge in [0.15, 0.2) is 11.5 Å². The normalized spacial score (nSPS) is 17.8. The lowest BCUT2D eigenvalue weighted by Crippen LogP contribution is -2.29. The molecule has 0 N–H and O–H groups in total. The average Bonchev–Trinajstić information content (AvgIpc) is 2.93. The predicted octanol–water partition coefficient (Wildman–Crippen LogP) is 6.16. The summed E-state index contributed by atoms with van der Waals surface area (Å²) in [7, 11) is 0. The second kappa shape index (κ2) is 13.0. The number of esters is 1. The molecule has 7 nitrogen and oxygen atoms in total. The summed E-state index contributed by atoms with van der Waals surface area (Å²) in [5.41, 5.74) is 3.68. The third-order valence-electron chi connectivity index (χ3n) is 7.21. The molecule has 3 aromatic rings. The molecular formula is C32H38N2O5. The SMILES string of the molecule is CC(C)OC(=O)c1cccnc1C1CCCCN(Cc2cccc(OCc3cccc4c3OCCO4)c2)CC1. The molecule has 1 aromatic heterocycles. The number of para-hydroxylation sites is 1. The van der Waals surface area contributed by atoms with Crippen molar-refractivity contribution in [3.8, 4) is 17.2 Å². The summed E-state index contributed by atoms with van der Waals surface area (Å²) in [4.78, 5) is 19.9. The number of rotatable bonds is 8. The highest BCUT2D eigenvalue weighted by molar-refractivity contribution is 5.90. The molecule has 0 bridgehead atoms. The van der Waals surface area contributed by atoms with Crippen LogP contribution in [-0.2, 0) is 17.9 Å². The van der Waals surface area contributed by atoms with Gasteiger partial charge in [0.25, 0.3) is 0 Å². The Hall–Kier alpha value is -3.58. The number of pyridine rings is 1. The fourth-order valence-corrected chi connectivity index (χ4v) is 5.35. The van der Waals surface area contributed by atoms with Crippen LogP contribution in [-0.4, -0.2) is 48.3 Å². The van der Waals surface area contributed by atoms with Gasteiger partial charge in [0.1, 0.15) is 25.6 Å². The first-order chi connectivity index (χ1) is 19.1. The van der Waals surface area contributed by atoms with Crippen LogP contribution in [0.5, 0.6) is 17.2 Å². The summed E-state index contributed by atoms with van der Waals surface area (Å²) < 4.78 is 23.2. The maximum absolute atomic E-state index is 12.7. The number of benzene rings is 2. The van der Waals surface area contributed by atoms with E-state index in [1.807, 2.05) is 50.2 Å². The third-order valence-corrected chi connectivity index (χ3v) is 7.21. The smallest absolute Gasteiger partial charge is 0.340 e. The Bertz CT molecular complexity index is 1260. The summed E-state index contributed by atoms with van der Waals surface area (Å²) in [5.74, 6) is 2.36. The van der Waals surface area contributed by atoms with Crippen molar-refractivity contribution in [3.05, 3.63) is 83.2 Å². The molecule has 7 heteroatoms. The Kier molecular flexibility index (Phi) is 8.99. The van der Waals surface area contributed by atoms with Gasteiger partial charge in [0.05, 0.1) is 17.4 Å². The number of nitrogens with zero attached hydrogens (tertiary/aromatic N) is 2. The second-order valence-corrected chi connectivity index (χ2v) is 10.5. The van der Waals surface area contributed by atoms with Crippen molar-refractivity contribution in [2.24, 2.45) is 0 Å². The maximum atomic E-state index is 12.7. The Morgan fingerprint density at radius 3 is 2.79 bits per heavy atom. The van der Waals surface area contributed by atoms with Gasteiger partial charge in [0.2, 0.25) is 0 Å². The van der Waals surface area contributed by atoms with Gasteiger partial charge in [-0.2, -0.15) is 0 Å². The first-order valence-electron chi connectivity index (χ1n) is 14.0. The molecule has 39 heavy (non-hydrogen) atoms. The molecule has 1 fully saturated rings. The van der Waals surface area contributed by atoms with E-state index in [4.69, 9.17) is 18.9 Å². The van der Waals surface area contributed by atoms with E-state index in [2.05, 4.69) is 28.1 Å². The molecule has 206 valence electrons. The number of likely N-dealkylation sites (tertiary alicyclic amines) is 1. The van der Waals surface area contributed by atoms with Crippen LogP contribution in [0.25, 0.3) is 0 Å². The largest absolute Gasteiger partial charge is 0.489 e. The zero-order valence-corrected chi connectivity index (χ0v) is 22.9. The van der Waals surface area contributed by atoms with Crippen LogP contribution in [0.4, 0.5) is 0 Å². The highest BCUT2D eigenvalue weighted by Gasteiger charge is 2.24. The lowest BCUT2D eigenvalue weighted by Gasteiger charge is -2.29.